The van der Waals surface area contributed by atoms with Crippen LogP contribution in [0.3, 0.4) is 0 Å². The first-order chi connectivity index (χ1) is 21.9. The molecule has 0 aromatic heterocycles. The van der Waals surface area contributed by atoms with E-state index in [0.29, 0.717) is 32.7 Å². The number of carboxylic acids is 3. The third-order valence-electron chi connectivity index (χ3n) is 7.08. The lowest BCUT2D eigenvalue weighted by Crippen LogP contribution is -2.50. The summed E-state index contributed by atoms with van der Waals surface area (Å²) in [6.45, 7) is 5.00. The number of carboxylic acid groups (broad SMARTS) is 3. The zero-order chi connectivity index (χ0) is 34.3. The molecule has 0 bridgehead atoms. The van der Waals surface area contributed by atoms with E-state index in [1.54, 1.807) is 14.7 Å². The molecular weight excluding hydrogens is 608 g/mol. The molecule has 1 aliphatic rings. The number of amides is 3. The van der Waals surface area contributed by atoms with Gasteiger partial charge in [-0.05, 0) is 6.42 Å². The molecule has 1 heterocycles. The zero-order valence-corrected chi connectivity index (χ0v) is 26.8. The highest BCUT2D eigenvalue weighted by Gasteiger charge is 2.21. The van der Waals surface area contributed by atoms with Gasteiger partial charge in [-0.3, -0.25) is 48.4 Å². The van der Waals surface area contributed by atoms with E-state index in [-0.39, 0.29) is 103 Å². The van der Waals surface area contributed by atoms with Crippen molar-refractivity contribution in [1.29, 1.82) is 0 Å². The van der Waals surface area contributed by atoms with Crippen LogP contribution in [0.15, 0.2) is 0 Å². The second-order valence-corrected chi connectivity index (χ2v) is 11.1. The number of hydrogen-bond acceptors (Lipinski definition) is 12. The minimum absolute atomic E-state index is 0.00467. The van der Waals surface area contributed by atoms with Gasteiger partial charge in [-0.15, -0.1) is 0 Å². The van der Waals surface area contributed by atoms with Crippen LogP contribution in [0.1, 0.15) is 26.2 Å². The maximum atomic E-state index is 12.7. The molecule has 0 unspecified atom stereocenters. The zero-order valence-electron chi connectivity index (χ0n) is 26.8. The number of ether oxygens (including phenoxy) is 1. The van der Waals surface area contributed by atoms with E-state index in [1.165, 1.54) is 0 Å². The molecule has 264 valence electrons. The summed E-state index contributed by atoms with van der Waals surface area (Å²) in [4.78, 5) is 77.5. The molecule has 46 heavy (non-hydrogen) atoms. The predicted molar refractivity (Wildman–Crippen MR) is 166 cm³/mol. The molecular formula is C28H52N8O10. The Bertz CT molecular complexity index is 941. The Morgan fingerprint density at radius 3 is 1.41 bits per heavy atom. The summed E-state index contributed by atoms with van der Waals surface area (Å²) < 4.78 is 5.45. The molecule has 1 atom stereocenters. The first-order valence-electron chi connectivity index (χ1n) is 15.6. The topological polar surface area (TPSA) is 247 Å². The third-order valence-corrected chi connectivity index (χ3v) is 7.08. The standard InChI is InChI=1S/C28H52N8O10/c1-2-3-4-32-28(45)22(29)17-23(37)30-5-15-46-16-6-31-24(38)18-33-7-9-34(19-25(39)40)11-13-36(21-27(43)44)14-12-35(10-8-33)20-26(41)42/h22H,2-21,29H2,1H3,(H,30,37)(H,31,38)(H,32,45)(H,39,40)(H,41,42)(H,43,44)/t22-/m0/s1. The van der Waals surface area contributed by atoms with Gasteiger partial charge in [-0.1, -0.05) is 13.3 Å². The molecule has 1 aliphatic heterocycles. The van der Waals surface area contributed by atoms with Crippen molar-refractivity contribution in [2.45, 2.75) is 32.2 Å². The van der Waals surface area contributed by atoms with Gasteiger partial charge >= 0.3 is 17.9 Å². The molecule has 8 N–H and O–H groups in total. The molecule has 0 aliphatic carbocycles. The van der Waals surface area contributed by atoms with Crippen LogP contribution in [0.5, 0.6) is 0 Å². The van der Waals surface area contributed by atoms with Gasteiger partial charge in [0.25, 0.3) is 0 Å². The molecule has 0 radical (unpaired) electrons. The monoisotopic (exact) mass is 660 g/mol. The van der Waals surface area contributed by atoms with Crippen LogP contribution in [-0.4, -0.2) is 188 Å². The van der Waals surface area contributed by atoms with Gasteiger partial charge in [0.15, 0.2) is 0 Å². The summed E-state index contributed by atoms with van der Waals surface area (Å²) in [5, 5.41) is 36.0. The number of nitrogens with one attached hydrogen (secondary N) is 3. The lowest BCUT2D eigenvalue weighted by molar-refractivity contribution is -0.140. The maximum Gasteiger partial charge on any atom is 0.317 e. The number of nitrogens with zero attached hydrogens (tertiary/aromatic N) is 4. The van der Waals surface area contributed by atoms with Crippen LogP contribution < -0.4 is 21.7 Å². The van der Waals surface area contributed by atoms with Crippen LogP contribution in [0.25, 0.3) is 0 Å². The average molecular weight is 661 g/mol. The van der Waals surface area contributed by atoms with E-state index in [9.17, 15) is 44.1 Å². The van der Waals surface area contributed by atoms with Crippen molar-refractivity contribution in [3.63, 3.8) is 0 Å². The number of carbonyl (C=O) groups is 6. The van der Waals surface area contributed by atoms with E-state index in [4.69, 9.17) is 10.5 Å². The van der Waals surface area contributed by atoms with E-state index in [0.717, 1.165) is 12.8 Å². The highest BCUT2D eigenvalue weighted by Crippen LogP contribution is 2.01. The van der Waals surface area contributed by atoms with Crippen molar-refractivity contribution in [3.05, 3.63) is 0 Å². The number of carbonyl (C=O) groups excluding carboxylic acids is 3. The summed E-state index contributed by atoms with van der Waals surface area (Å²) >= 11 is 0. The fourth-order valence-electron chi connectivity index (χ4n) is 4.56. The first-order valence-corrected chi connectivity index (χ1v) is 15.6. The molecule has 1 rings (SSSR count). The van der Waals surface area contributed by atoms with Gasteiger partial charge in [0, 0.05) is 72.0 Å². The summed E-state index contributed by atoms with van der Waals surface area (Å²) in [6, 6.07) is -0.931. The minimum Gasteiger partial charge on any atom is -0.480 e. The Labute approximate surface area is 269 Å². The Balaban J connectivity index is 2.52. The molecule has 0 spiro atoms. The van der Waals surface area contributed by atoms with Gasteiger partial charge in [-0.25, -0.2) is 0 Å². The summed E-state index contributed by atoms with van der Waals surface area (Å²) in [5.74, 6) is -4.12. The second kappa shape index (κ2) is 23.9. The lowest BCUT2D eigenvalue weighted by atomic mass is 10.2. The van der Waals surface area contributed by atoms with Crippen LogP contribution in [-0.2, 0) is 33.5 Å². The number of aliphatic carboxylic acids is 3. The third kappa shape index (κ3) is 20.6. The fourth-order valence-corrected chi connectivity index (χ4v) is 4.56. The quantitative estimate of drug-likeness (QED) is 0.0622. The molecule has 3 amide bonds. The normalized spacial score (nSPS) is 16.8. The summed E-state index contributed by atoms with van der Waals surface area (Å²) in [6.07, 6.45) is 1.62. The largest absolute Gasteiger partial charge is 0.480 e. The number of hydrogen-bond donors (Lipinski definition) is 7. The highest BCUT2D eigenvalue weighted by molar-refractivity contribution is 5.88. The Morgan fingerprint density at radius 1 is 0.630 bits per heavy atom. The molecule has 1 saturated heterocycles. The van der Waals surface area contributed by atoms with Crippen molar-refractivity contribution < 1.29 is 48.8 Å². The maximum absolute atomic E-state index is 12.7. The van der Waals surface area contributed by atoms with Gasteiger partial charge in [-0.2, -0.15) is 0 Å². The summed E-state index contributed by atoms with van der Waals surface area (Å²) in [5.41, 5.74) is 5.76. The van der Waals surface area contributed by atoms with E-state index >= 15 is 0 Å². The lowest BCUT2D eigenvalue weighted by Gasteiger charge is -2.32. The highest BCUT2D eigenvalue weighted by atomic mass is 16.5. The minimum atomic E-state index is -1.03. The van der Waals surface area contributed by atoms with Crippen LogP contribution >= 0.6 is 0 Å². The smallest absolute Gasteiger partial charge is 0.317 e. The average Bonchev–Trinajstić information content (AvgIpc) is 2.97. The van der Waals surface area contributed by atoms with Crippen molar-refractivity contribution in [1.82, 2.24) is 35.6 Å². The molecule has 1 fully saturated rings. The van der Waals surface area contributed by atoms with Crippen molar-refractivity contribution in [3.8, 4) is 0 Å². The van der Waals surface area contributed by atoms with Crippen LogP contribution in [0, 0.1) is 0 Å². The van der Waals surface area contributed by atoms with Gasteiger partial charge in [0.05, 0.1) is 51.9 Å². The van der Waals surface area contributed by atoms with E-state index in [2.05, 4.69) is 16.0 Å². The van der Waals surface area contributed by atoms with Gasteiger partial charge in [0.1, 0.15) is 0 Å². The first kappa shape index (κ1) is 40.6. The van der Waals surface area contributed by atoms with E-state index in [1.807, 2.05) is 11.8 Å². The fraction of sp³-hybridized carbons (Fsp3) is 0.786. The number of nitrogens with two attached hydrogens (primary N) is 1. The van der Waals surface area contributed by atoms with Gasteiger partial charge < -0.3 is 41.7 Å². The van der Waals surface area contributed by atoms with E-state index < -0.39 is 23.9 Å². The second-order valence-electron chi connectivity index (χ2n) is 11.1. The molecule has 18 heteroatoms. The number of unbranched alkanes of at least 4 members (excludes halogenated alkanes) is 1. The van der Waals surface area contributed by atoms with Crippen molar-refractivity contribution in [2.24, 2.45) is 5.73 Å². The SMILES string of the molecule is CCCCNC(=O)[C@@H](N)CC(=O)NCCOCCNC(=O)CN1CCN(CC(=O)O)CCN(CC(=O)O)CCN(CC(=O)O)CC1. The molecule has 0 saturated carbocycles. The Morgan fingerprint density at radius 2 is 1.02 bits per heavy atom. The van der Waals surface area contributed by atoms with Gasteiger partial charge in [0.2, 0.25) is 17.7 Å². The Kier molecular flexibility index (Phi) is 21.1. The summed E-state index contributed by atoms with van der Waals surface area (Å²) in [7, 11) is 0. The van der Waals surface area contributed by atoms with Crippen molar-refractivity contribution >= 4 is 35.6 Å². The van der Waals surface area contributed by atoms with Crippen LogP contribution in [0.2, 0.25) is 0 Å². The molecule has 0 aromatic rings. The van der Waals surface area contributed by atoms with Crippen molar-refractivity contribution in [2.75, 3.05) is 111 Å². The molecule has 0 aromatic carbocycles. The number of rotatable bonds is 20. The molecule has 18 nitrogen and oxygen atoms in total. The van der Waals surface area contributed by atoms with Crippen LogP contribution in [0.4, 0.5) is 0 Å². The Hall–Kier alpha value is -3.42. The predicted octanol–water partition coefficient (Wildman–Crippen LogP) is -3.66.